The average molecular weight is 348 g/mol. The number of amides is 1. The molecule has 2 rings (SSSR count). The van der Waals surface area contributed by atoms with Gasteiger partial charge in [0.2, 0.25) is 5.96 Å². The Balaban J connectivity index is 1.98. The predicted octanol–water partition coefficient (Wildman–Crippen LogP) is -1.53. The minimum atomic E-state index is -1.59. The van der Waals surface area contributed by atoms with E-state index in [1.165, 1.54) is 0 Å². The number of hydrazone groups is 1. The summed E-state index contributed by atoms with van der Waals surface area (Å²) in [6, 6.07) is 7.55. The van der Waals surface area contributed by atoms with Crippen LogP contribution >= 0.6 is 0 Å². The zero-order valence-corrected chi connectivity index (χ0v) is 13.5. The predicted molar refractivity (Wildman–Crippen MR) is 91.5 cm³/mol. The summed E-state index contributed by atoms with van der Waals surface area (Å²) in [7, 11) is 0. The maximum Gasteiger partial charge on any atom is 0.276 e. The van der Waals surface area contributed by atoms with Crippen LogP contribution < -0.4 is 10.7 Å². The Kier molecular flexibility index (Phi) is 6.37. The molecule has 0 bridgehead atoms. The highest BCUT2D eigenvalue weighted by Gasteiger charge is 2.23. The van der Waals surface area contributed by atoms with Crippen molar-refractivity contribution < 1.29 is 25.2 Å². The maximum absolute atomic E-state index is 11.9. The van der Waals surface area contributed by atoms with E-state index in [1.807, 2.05) is 31.2 Å². The molecule has 1 aromatic rings. The molecule has 0 saturated heterocycles. The van der Waals surface area contributed by atoms with Gasteiger partial charge < -0.3 is 20.4 Å². The summed E-state index contributed by atoms with van der Waals surface area (Å²) in [6.07, 6.45) is -2.06. The largest absolute Gasteiger partial charge is 0.394 e. The van der Waals surface area contributed by atoms with E-state index in [0.29, 0.717) is 0 Å². The van der Waals surface area contributed by atoms with Crippen LogP contribution in [0.5, 0.6) is 0 Å². The molecule has 0 radical (unpaired) electrons. The van der Waals surface area contributed by atoms with Crippen molar-refractivity contribution >= 4 is 24.2 Å². The minimum absolute atomic E-state index is 0.0593. The van der Waals surface area contributed by atoms with Crippen LogP contribution in [0.15, 0.2) is 40.1 Å². The van der Waals surface area contributed by atoms with Crippen molar-refractivity contribution in [1.29, 1.82) is 0 Å². The molecule has 1 heterocycles. The van der Waals surface area contributed by atoms with Crippen molar-refractivity contribution in [1.82, 2.24) is 10.7 Å². The minimum Gasteiger partial charge on any atom is -0.394 e. The second-order valence-corrected chi connectivity index (χ2v) is 5.48. The quantitative estimate of drug-likeness (QED) is 0.209. The second kappa shape index (κ2) is 8.49. The second-order valence-electron chi connectivity index (χ2n) is 5.48. The Morgan fingerprint density at radius 3 is 2.60 bits per heavy atom. The fraction of sp³-hybridized carbons (Fsp3) is 0.312. The molecule has 0 fully saturated rings. The van der Waals surface area contributed by atoms with Crippen molar-refractivity contribution in [2.24, 2.45) is 10.1 Å². The molecule has 3 atom stereocenters. The number of hydrogen-bond acceptors (Lipinski definition) is 8. The van der Waals surface area contributed by atoms with Gasteiger partial charge in [0.25, 0.3) is 5.91 Å². The zero-order chi connectivity index (χ0) is 18.4. The standard InChI is InChI=1S/C16H20N4O5/c1-9-2-4-10(5-3-9)6-11-15(25)19-16(18-11)20-17-7-12(22)14(24)13(23)8-21/h2-7,12-14,21-24H,8H2,1H3,(H2,18,19,20,25)/b11-6-,17-7+/t12-,13-,14+/m0/s1. The van der Waals surface area contributed by atoms with Gasteiger partial charge in [0.1, 0.15) is 24.0 Å². The highest BCUT2D eigenvalue weighted by atomic mass is 16.4. The normalized spacial score (nSPS) is 19.6. The highest BCUT2D eigenvalue weighted by Crippen LogP contribution is 2.12. The first kappa shape index (κ1) is 18.7. The van der Waals surface area contributed by atoms with Crippen LogP contribution in [0.3, 0.4) is 0 Å². The van der Waals surface area contributed by atoms with Crippen LogP contribution in [0.2, 0.25) is 0 Å². The summed E-state index contributed by atoms with van der Waals surface area (Å²) in [5.41, 5.74) is 4.53. The number of guanidine groups is 1. The lowest BCUT2D eigenvalue weighted by molar-refractivity contribution is -0.115. The van der Waals surface area contributed by atoms with Gasteiger partial charge in [-0.15, -0.1) is 0 Å². The van der Waals surface area contributed by atoms with E-state index in [0.717, 1.165) is 17.3 Å². The first-order valence-electron chi connectivity index (χ1n) is 7.53. The van der Waals surface area contributed by atoms with E-state index < -0.39 is 30.8 Å². The van der Waals surface area contributed by atoms with E-state index in [4.69, 9.17) is 5.11 Å². The molecule has 0 spiro atoms. The van der Waals surface area contributed by atoms with E-state index in [1.54, 1.807) is 6.08 Å². The molecule has 134 valence electrons. The number of aliphatic hydroxyl groups is 4. The Labute approximate surface area is 144 Å². The van der Waals surface area contributed by atoms with Gasteiger partial charge in [-0.05, 0) is 18.6 Å². The van der Waals surface area contributed by atoms with Gasteiger partial charge in [0.05, 0.1) is 12.8 Å². The molecule has 1 amide bonds. The number of aryl methyl sites for hydroxylation is 1. The van der Waals surface area contributed by atoms with E-state index in [2.05, 4.69) is 20.8 Å². The molecular weight excluding hydrogens is 328 g/mol. The highest BCUT2D eigenvalue weighted by molar-refractivity contribution is 6.13. The lowest BCUT2D eigenvalue weighted by atomic mass is 10.1. The fourth-order valence-corrected chi connectivity index (χ4v) is 1.94. The molecule has 0 aromatic heterocycles. The molecule has 1 aromatic carbocycles. The Morgan fingerprint density at radius 2 is 1.96 bits per heavy atom. The summed E-state index contributed by atoms with van der Waals surface area (Å²) in [5, 5.41) is 43.0. The van der Waals surface area contributed by atoms with Crippen molar-refractivity contribution in [3.63, 3.8) is 0 Å². The van der Waals surface area contributed by atoms with Crippen molar-refractivity contribution in [2.45, 2.75) is 25.2 Å². The summed E-state index contributed by atoms with van der Waals surface area (Å²) < 4.78 is 0. The maximum atomic E-state index is 11.9. The molecule has 6 N–H and O–H groups in total. The molecule has 0 unspecified atom stereocenters. The SMILES string of the molecule is Cc1ccc(/C=C2\N=C(N/N=C/[C@H](O)[C@@H](O)[C@@H](O)CO)NC2=O)cc1. The molecule has 25 heavy (non-hydrogen) atoms. The van der Waals surface area contributed by atoms with E-state index in [-0.39, 0.29) is 11.7 Å². The third kappa shape index (κ3) is 5.19. The van der Waals surface area contributed by atoms with Gasteiger partial charge in [0, 0.05) is 0 Å². The van der Waals surface area contributed by atoms with Crippen LogP contribution in [-0.4, -0.2) is 63.4 Å². The van der Waals surface area contributed by atoms with Crippen LogP contribution in [0, 0.1) is 6.92 Å². The lowest BCUT2D eigenvalue weighted by Gasteiger charge is -2.17. The molecule has 0 saturated carbocycles. The molecular formula is C16H20N4O5. The Hall–Kier alpha value is -2.59. The van der Waals surface area contributed by atoms with Crippen LogP contribution in [-0.2, 0) is 4.79 Å². The number of aliphatic hydroxyl groups excluding tert-OH is 4. The first-order valence-corrected chi connectivity index (χ1v) is 7.53. The smallest absolute Gasteiger partial charge is 0.276 e. The summed E-state index contributed by atoms with van der Waals surface area (Å²) in [5.74, 6) is -0.349. The van der Waals surface area contributed by atoms with E-state index >= 15 is 0 Å². The van der Waals surface area contributed by atoms with Gasteiger partial charge in [-0.2, -0.15) is 5.10 Å². The molecule has 1 aliphatic heterocycles. The van der Waals surface area contributed by atoms with Gasteiger partial charge >= 0.3 is 0 Å². The summed E-state index contributed by atoms with van der Waals surface area (Å²) in [4.78, 5) is 15.9. The number of rotatable bonds is 6. The Bertz CT molecular complexity index is 699. The van der Waals surface area contributed by atoms with Crippen LogP contribution in [0.1, 0.15) is 11.1 Å². The van der Waals surface area contributed by atoms with Gasteiger partial charge in [-0.1, -0.05) is 29.8 Å². The van der Waals surface area contributed by atoms with Gasteiger partial charge in [-0.25, -0.2) is 10.4 Å². The third-order valence-electron chi connectivity index (χ3n) is 3.41. The molecule has 9 nitrogen and oxygen atoms in total. The van der Waals surface area contributed by atoms with Crippen LogP contribution in [0.25, 0.3) is 6.08 Å². The first-order chi connectivity index (χ1) is 11.9. The number of benzene rings is 1. The number of nitrogens with zero attached hydrogens (tertiary/aromatic N) is 2. The van der Waals surface area contributed by atoms with Gasteiger partial charge in [-0.3, -0.25) is 10.1 Å². The zero-order valence-electron chi connectivity index (χ0n) is 13.5. The summed E-state index contributed by atoms with van der Waals surface area (Å²) in [6.45, 7) is 1.26. The van der Waals surface area contributed by atoms with Crippen molar-refractivity contribution in [3.05, 3.63) is 41.1 Å². The number of nitrogens with one attached hydrogen (secondary N) is 2. The fourth-order valence-electron chi connectivity index (χ4n) is 1.94. The average Bonchev–Trinajstić information content (AvgIpc) is 2.94. The molecule has 9 heteroatoms. The number of aliphatic imine (C=N–C) groups is 1. The topological polar surface area (TPSA) is 147 Å². The number of hydrogen-bond donors (Lipinski definition) is 6. The lowest BCUT2D eigenvalue weighted by Crippen LogP contribution is -2.41. The molecule has 1 aliphatic rings. The number of carbonyl (C=O) groups excluding carboxylic acids is 1. The van der Waals surface area contributed by atoms with Crippen molar-refractivity contribution in [3.8, 4) is 0 Å². The number of carbonyl (C=O) groups is 1. The monoisotopic (exact) mass is 348 g/mol. The molecule has 0 aliphatic carbocycles. The van der Waals surface area contributed by atoms with Crippen molar-refractivity contribution in [2.75, 3.05) is 6.61 Å². The Morgan fingerprint density at radius 1 is 1.28 bits per heavy atom. The third-order valence-corrected chi connectivity index (χ3v) is 3.41. The summed E-state index contributed by atoms with van der Waals surface area (Å²) >= 11 is 0. The van der Waals surface area contributed by atoms with Gasteiger partial charge in [0.15, 0.2) is 0 Å². The van der Waals surface area contributed by atoms with E-state index in [9.17, 15) is 20.1 Å². The van der Waals surface area contributed by atoms with Crippen LogP contribution in [0.4, 0.5) is 0 Å².